The van der Waals surface area contributed by atoms with Gasteiger partial charge in [-0.15, -0.1) is 0 Å². The van der Waals surface area contributed by atoms with Gasteiger partial charge in [-0.2, -0.15) is 5.10 Å². The molecule has 5 heteroatoms. The molecule has 1 heterocycles. The summed E-state index contributed by atoms with van der Waals surface area (Å²) in [6.07, 6.45) is 9.41. The Balaban J connectivity index is 1.46. The topological polar surface area (TPSA) is 59.0 Å². The number of carbonyl (C=O) groups is 1. The molecular formula is C15H22N4O. The van der Waals surface area contributed by atoms with Crippen molar-refractivity contribution in [3.63, 3.8) is 0 Å². The molecule has 2 amide bonds. The summed E-state index contributed by atoms with van der Waals surface area (Å²) in [5, 5.41) is 10.3. The number of urea groups is 1. The molecule has 5 rings (SSSR count). The largest absolute Gasteiger partial charge is 0.332 e. The van der Waals surface area contributed by atoms with Gasteiger partial charge in [0.25, 0.3) is 0 Å². The number of amides is 2. The Kier molecular flexibility index (Phi) is 2.59. The highest BCUT2D eigenvalue weighted by Crippen LogP contribution is 2.55. The zero-order valence-corrected chi connectivity index (χ0v) is 11.9. The quantitative estimate of drug-likeness (QED) is 0.870. The van der Waals surface area contributed by atoms with Gasteiger partial charge in [0.05, 0.1) is 6.20 Å². The molecule has 4 aliphatic rings. The van der Waals surface area contributed by atoms with E-state index in [9.17, 15) is 4.79 Å². The highest BCUT2D eigenvalue weighted by Gasteiger charge is 2.51. The molecule has 5 nitrogen and oxygen atoms in total. The van der Waals surface area contributed by atoms with Crippen LogP contribution in [0.25, 0.3) is 0 Å². The van der Waals surface area contributed by atoms with Crippen LogP contribution in [-0.4, -0.2) is 21.4 Å². The second-order valence-electron chi connectivity index (χ2n) is 7.12. The number of hydrogen-bond donors (Lipinski definition) is 2. The van der Waals surface area contributed by atoms with Crippen LogP contribution in [0, 0.1) is 17.8 Å². The average molecular weight is 274 g/mol. The van der Waals surface area contributed by atoms with Gasteiger partial charge in [-0.1, -0.05) is 0 Å². The van der Waals surface area contributed by atoms with Crippen molar-refractivity contribution in [3.8, 4) is 0 Å². The van der Waals surface area contributed by atoms with Crippen LogP contribution in [-0.2, 0) is 7.05 Å². The lowest BCUT2D eigenvalue weighted by molar-refractivity contribution is -0.0127. The van der Waals surface area contributed by atoms with E-state index in [0.29, 0.717) is 0 Å². The minimum Gasteiger partial charge on any atom is -0.332 e. The lowest BCUT2D eigenvalue weighted by atomic mass is 9.53. The number of anilines is 1. The fourth-order valence-corrected chi connectivity index (χ4v) is 5.15. The van der Waals surface area contributed by atoms with Crippen molar-refractivity contribution in [2.45, 2.75) is 44.1 Å². The summed E-state index contributed by atoms with van der Waals surface area (Å²) in [7, 11) is 1.83. The highest BCUT2D eigenvalue weighted by atomic mass is 16.2. The third kappa shape index (κ3) is 2.00. The summed E-state index contributed by atoms with van der Waals surface area (Å²) in [6.45, 7) is 0. The Hall–Kier alpha value is -1.52. The lowest BCUT2D eigenvalue weighted by Crippen LogP contribution is -2.60. The maximum absolute atomic E-state index is 12.3. The van der Waals surface area contributed by atoms with Crippen molar-refractivity contribution in [3.05, 3.63) is 12.3 Å². The van der Waals surface area contributed by atoms with Crippen molar-refractivity contribution in [1.82, 2.24) is 15.1 Å². The summed E-state index contributed by atoms with van der Waals surface area (Å²) >= 11 is 0. The lowest BCUT2D eigenvalue weighted by Gasteiger charge is -2.56. The molecule has 0 unspecified atom stereocenters. The first-order valence-corrected chi connectivity index (χ1v) is 7.69. The van der Waals surface area contributed by atoms with E-state index >= 15 is 0 Å². The summed E-state index contributed by atoms with van der Waals surface area (Å²) in [5.41, 5.74) is 0.0669. The SMILES string of the molecule is Cn1nccc1NC(=O)NC12CC3CC(CC(C3)C1)C2. The van der Waals surface area contributed by atoms with E-state index in [1.54, 1.807) is 10.9 Å². The molecule has 0 spiro atoms. The van der Waals surface area contributed by atoms with Crippen molar-refractivity contribution < 1.29 is 4.79 Å². The highest BCUT2D eigenvalue weighted by molar-refractivity contribution is 5.88. The number of aryl methyl sites for hydroxylation is 1. The summed E-state index contributed by atoms with van der Waals surface area (Å²) in [4.78, 5) is 12.3. The Morgan fingerprint density at radius 2 is 1.85 bits per heavy atom. The van der Waals surface area contributed by atoms with Crippen LogP contribution in [0.15, 0.2) is 12.3 Å². The normalized spacial score (nSPS) is 38.0. The van der Waals surface area contributed by atoms with Crippen molar-refractivity contribution in [1.29, 1.82) is 0 Å². The van der Waals surface area contributed by atoms with E-state index < -0.39 is 0 Å². The van der Waals surface area contributed by atoms with Crippen LogP contribution in [0.5, 0.6) is 0 Å². The fourth-order valence-electron chi connectivity index (χ4n) is 5.15. The number of nitrogens with zero attached hydrogens (tertiary/aromatic N) is 2. The molecule has 1 aromatic rings. The first-order valence-electron chi connectivity index (χ1n) is 7.69. The molecule has 4 fully saturated rings. The Morgan fingerprint density at radius 3 is 2.35 bits per heavy atom. The molecule has 1 aromatic heterocycles. The minimum atomic E-state index is -0.0736. The molecule has 0 atom stereocenters. The molecule has 4 bridgehead atoms. The van der Waals surface area contributed by atoms with Crippen LogP contribution in [0.1, 0.15) is 38.5 Å². The zero-order valence-electron chi connectivity index (χ0n) is 11.9. The van der Waals surface area contributed by atoms with E-state index in [1.165, 1.54) is 38.5 Å². The molecule has 0 aliphatic heterocycles. The number of carbonyl (C=O) groups excluding carboxylic acids is 1. The maximum atomic E-state index is 12.3. The van der Waals surface area contributed by atoms with Gasteiger partial charge in [-0.3, -0.25) is 10.00 Å². The van der Waals surface area contributed by atoms with Gasteiger partial charge < -0.3 is 5.32 Å². The monoisotopic (exact) mass is 274 g/mol. The smallest absolute Gasteiger partial charge is 0.320 e. The van der Waals surface area contributed by atoms with Gasteiger partial charge in [0.1, 0.15) is 5.82 Å². The maximum Gasteiger partial charge on any atom is 0.320 e. The fraction of sp³-hybridized carbons (Fsp3) is 0.733. The number of aromatic nitrogens is 2. The van der Waals surface area contributed by atoms with Crippen LogP contribution >= 0.6 is 0 Å². The third-order valence-electron chi connectivity index (χ3n) is 5.48. The van der Waals surface area contributed by atoms with Gasteiger partial charge in [0.15, 0.2) is 0 Å². The molecule has 0 aromatic carbocycles. The summed E-state index contributed by atoms with van der Waals surface area (Å²) in [5.74, 6) is 3.28. The predicted molar refractivity (Wildman–Crippen MR) is 76.3 cm³/mol. The van der Waals surface area contributed by atoms with E-state index in [1.807, 2.05) is 13.1 Å². The first-order chi connectivity index (χ1) is 9.62. The van der Waals surface area contributed by atoms with Crippen molar-refractivity contribution in [2.75, 3.05) is 5.32 Å². The molecule has 4 aliphatic carbocycles. The summed E-state index contributed by atoms with van der Waals surface area (Å²) < 4.78 is 1.68. The molecule has 20 heavy (non-hydrogen) atoms. The van der Waals surface area contributed by atoms with E-state index in [0.717, 1.165) is 23.6 Å². The molecule has 2 N–H and O–H groups in total. The number of hydrogen-bond acceptors (Lipinski definition) is 2. The second kappa shape index (κ2) is 4.24. The first kappa shape index (κ1) is 12.2. The Morgan fingerprint density at radius 1 is 1.25 bits per heavy atom. The van der Waals surface area contributed by atoms with Crippen molar-refractivity contribution >= 4 is 11.8 Å². The predicted octanol–water partition coefficient (Wildman–Crippen LogP) is 2.51. The number of nitrogens with one attached hydrogen (secondary N) is 2. The molecule has 0 radical (unpaired) electrons. The molecule has 108 valence electrons. The molecule has 4 saturated carbocycles. The summed E-state index contributed by atoms with van der Waals surface area (Å²) in [6, 6.07) is 1.75. The zero-order chi connectivity index (χ0) is 13.7. The van der Waals surface area contributed by atoms with Crippen LogP contribution in [0.3, 0.4) is 0 Å². The number of rotatable bonds is 2. The van der Waals surface area contributed by atoms with Crippen LogP contribution in [0.4, 0.5) is 10.6 Å². The molecule has 0 saturated heterocycles. The molecular weight excluding hydrogens is 252 g/mol. The van der Waals surface area contributed by atoms with Gasteiger partial charge in [-0.25, -0.2) is 4.79 Å². The minimum absolute atomic E-state index is 0.0669. The van der Waals surface area contributed by atoms with Gasteiger partial charge in [0, 0.05) is 18.7 Å². The van der Waals surface area contributed by atoms with Crippen LogP contribution in [0.2, 0.25) is 0 Å². The third-order valence-corrected chi connectivity index (χ3v) is 5.48. The second-order valence-corrected chi connectivity index (χ2v) is 7.12. The van der Waals surface area contributed by atoms with E-state index in [-0.39, 0.29) is 11.6 Å². The van der Waals surface area contributed by atoms with Gasteiger partial charge in [-0.05, 0) is 56.3 Å². The van der Waals surface area contributed by atoms with Crippen molar-refractivity contribution in [2.24, 2.45) is 24.8 Å². The van der Waals surface area contributed by atoms with Crippen LogP contribution < -0.4 is 10.6 Å². The Labute approximate surface area is 119 Å². The van der Waals surface area contributed by atoms with E-state index in [2.05, 4.69) is 15.7 Å². The van der Waals surface area contributed by atoms with Gasteiger partial charge in [0.2, 0.25) is 0 Å². The average Bonchev–Trinajstić information content (AvgIpc) is 2.72. The Bertz CT molecular complexity index is 500. The standard InChI is InChI=1S/C15H22N4O/c1-19-13(2-3-16-19)17-14(20)18-15-7-10-4-11(8-15)6-12(5-10)9-15/h2-3,10-12H,4-9H2,1H3,(H2,17,18,20). The van der Waals surface area contributed by atoms with E-state index in [4.69, 9.17) is 0 Å². The van der Waals surface area contributed by atoms with Gasteiger partial charge >= 0.3 is 6.03 Å².